The standard InChI is InChI=1S/C23H27NO5/c1-23(2,22(27)28)29-19-10-5-8-16(13-19)18-9-6-12-24(15-18)21(26)14-17-7-3-4-11-20(17)25/h3-5,7-8,10-11,13,18,25H,6,9,12,14-15H2,1-2H3,(H,27,28). The Kier molecular flexibility index (Phi) is 6.11. The number of amides is 1. The van der Waals surface area contributed by atoms with Crippen LogP contribution in [0.5, 0.6) is 11.5 Å². The van der Waals surface area contributed by atoms with Gasteiger partial charge in [0.05, 0.1) is 6.42 Å². The fourth-order valence-electron chi connectivity index (χ4n) is 3.58. The molecular weight excluding hydrogens is 370 g/mol. The molecule has 1 atom stereocenters. The van der Waals surface area contributed by atoms with Gasteiger partial charge in [0.15, 0.2) is 5.60 Å². The van der Waals surface area contributed by atoms with E-state index in [4.69, 9.17) is 4.74 Å². The van der Waals surface area contributed by atoms with Gasteiger partial charge in [-0.15, -0.1) is 0 Å². The number of carboxylic acids is 1. The summed E-state index contributed by atoms with van der Waals surface area (Å²) in [6.07, 6.45) is 2.02. The number of carbonyl (C=O) groups excluding carboxylic acids is 1. The average molecular weight is 397 g/mol. The van der Waals surface area contributed by atoms with Crippen LogP contribution in [-0.2, 0) is 16.0 Å². The van der Waals surface area contributed by atoms with Gasteiger partial charge in [-0.3, -0.25) is 4.79 Å². The molecule has 2 aromatic rings. The van der Waals surface area contributed by atoms with Crippen LogP contribution in [0.1, 0.15) is 43.7 Å². The van der Waals surface area contributed by atoms with Crippen molar-refractivity contribution in [1.29, 1.82) is 0 Å². The molecule has 6 heteroatoms. The predicted molar refractivity (Wildman–Crippen MR) is 109 cm³/mol. The first-order valence-electron chi connectivity index (χ1n) is 9.83. The molecule has 2 aromatic carbocycles. The summed E-state index contributed by atoms with van der Waals surface area (Å²) < 4.78 is 5.65. The summed E-state index contributed by atoms with van der Waals surface area (Å²) in [5.74, 6) is -0.224. The Bertz CT molecular complexity index is 892. The van der Waals surface area contributed by atoms with Crippen molar-refractivity contribution in [2.75, 3.05) is 13.1 Å². The zero-order valence-electron chi connectivity index (χ0n) is 16.8. The molecule has 0 aliphatic carbocycles. The normalized spacial score (nSPS) is 17.0. The van der Waals surface area contributed by atoms with Gasteiger partial charge in [0, 0.05) is 24.6 Å². The maximum absolute atomic E-state index is 12.8. The van der Waals surface area contributed by atoms with Crippen LogP contribution in [0.3, 0.4) is 0 Å². The molecule has 6 nitrogen and oxygen atoms in total. The highest BCUT2D eigenvalue weighted by Gasteiger charge is 2.30. The van der Waals surface area contributed by atoms with Gasteiger partial charge < -0.3 is 19.8 Å². The molecule has 0 bridgehead atoms. The van der Waals surface area contributed by atoms with Crippen molar-refractivity contribution in [3.05, 3.63) is 59.7 Å². The van der Waals surface area contributed by atoms with E-state index in [0.29, 0.717) is 24.4 Å². The van der Waals surface area contributed by atoms with Crippen molar-refractivity contribution in [3.8, 4) is 11.5 Å². The van der Waals surface area contributed by atoms with Crippen molar-refractivity contribution in [3.63, 3.8) is 0 Å². The molecule has 1 aliphatic heterocycles. The molecule has 1 heterocycles. The molecule has 0 aromatic heterocycles. The Morgan fingerprint density at radius 2 is 1.93 bits per heavy atom. The monoisotopic (exact) mass is 397 g/mol. The van der Waals surface area contributed by atoms with E-state index < -0.39 is 11.6 Å². The summed E-state index contributed by atoms with van der Waals surface area (Å²) in [6.45, 7) is 4.33. The number of phenols is 1. The molecule has 1 saturated heterocycles. The minimum atomic E-state index is -1.31. The van der Waals surface area contributed by atoms with E-state index in [2.05, 4.69) is 0 Å². The lowest BCUT2D eigenvalue weighted by Gasteiger charge is -2.33. The van der Waals surface area contributed by atoms with Crippen LogP contribution in [-0.4, -0.2) is 45.7 Å². The van der Waals surface area contributed by atoms with Crippen molar-refractivity contribution in [2.24, 2.45) is 0 Å². The smallest absolute Gasteiger partial charge is 0.347 e. The summed E-state index contributed by atoms with van der Waals surface area (Å²) in [6, 6.07) is 14.4. The van der Waals surface area contributed by atoms with Gasteiger partial charge in [-0.2, -0.15) is 0 Å². The lowest BCUT2D eigenvalue weighted by molar-refractivity contribution is -0.152. The number of likely N-dealkylation sites (tertiary alicyclic amines) is 1. The van der Waals surface area contributed by atoms with Crippen LogP contribution in [0.2, 0.25) is 0 Å². The largest absolute Gasteiger partial charge is 0.508 e. The Balaban J connectivity index is 1.69. The number of hydrogen-bond donors (Lipinski definition) is 2. The minimum Gasteiger partial charge on any atom is -0.508 e. The Labute approximate surface area is 170 Å². The molecule has 0 radical (unpaired) electrons. The molecule has 0 saturated carbocycles. The molecule has 154 valence electrons. The van der Waals surface area contributed by atoms with Gasteiger partial charge in [0.2, 0.25) is 5.91 Å². The van der Waals surface area contributed by atoms with E-state index in [1.165, 1.54) is 13.8 Å². The third-order valence-corrected chi connectivity index (χ3v) is 5.32. The lowest BCUT2D eigenvalue weighted by Crippen LogP contribution is -2.40. The predicted octanol–water partition coefficient (Wildman–Crippen LogP) is 3.58. The van der Waals surface area contributed by atoms with E-state index >= 15 is 0 Å². The van der Waals surface area contributed by atoms with E-state index in [9.17, 15) is 19.8 Å². The van der Waals surface area contributed by atoms with Gasteiger partial charge in [0.1, 0.15) is 11.5 Å². The third kappa shape index (κ3) is 5.08. The van der Waals surface area contributed by atoms with E-state index in [0.717, 1.165) is 18.4 Å². The van der Waals surface area contributed by atoms with Crippen LogP contribution in [0.15, 0.2) is 48.5 Å². The molecule has 1 amide bonds. The minimum absolute atomic E-state index is 0.00406. The molecule has 29 heavy (non-hydrogen) atoms. The van der Waals surface area contributed by atoms with Gasteiger partial charge in [-0.1, -0.05) is 30.3 Å². The third-order valence-electron chi connectivity index (χ3n) is 5.32. The number of para-hydroxylation sites is 1. The highest BCUT2D eigenvalue weighted by Crippen LogP contribution is 2.31. The first kappa shape index (κ1) is 20.7. The van der Waals surface area contributed by atoms with Gasteiger partial charge >= 0.3 is 5.97 Å². The van der Waals surface area contributed by atoms with Crippen LogP contribution < -0.4 is 4.74 Å². The number of benzene rings is 2. The number of nitrogens with zero attached hydrogens (tertiary/aromatic N) is 1. The number of piperidine rings is 1. The van der Waals surface area contributed by atoms with Crippen molar-refractivity contribution < 1.29 is 24.5 Å². The van der Waals surface area contributed by atoms with Gasteiger partial charge in [-0.05, 0) is 50.5 Å². The fraction of sp³-hybridized carbons (Fsp3) is 0.391. The first-order valence-corrected chi connectivity index (χ1v) is 9.83. The summed E-state index contributed by atoms with van der Waals surface area (Å²) in [7, 11) is 0. The Morgan fingerprint density at radius 3 is 2.66 bits per heavy atom. The summed E-state index contributed by atoms with van der Waals surface area (Å²) >= 11 is 0. The van der Waals surface area contributed by atoms with E-state index in [1.54, 1.807) is 24.3 Å². The second-order valence-corrected chi connectivity index (χ2v) is 7.97. The number of carbonyl (C=O) groups is 2. The molecule has 0 spiro atoms. The van der Waals surface area contributed by atoms with E-state index in [-0.39, 0.29) is 24.0 Å². The van der Waals surface area contributed by atoms with Crippen molar-refractivity contribution >= 4 is 11.9 Å². The van der Waals surface area contributed by atoms with Gasteiger partial charge in [-0.25, -0.2) is 4.79 Å². The zero-order chi connectivity index (χ0) is 21.0. The second kappa shape index (κ2) is 8.55. The number of aromatic hydroxyl groups is 1. The lowest BCUT2D eigenvalue weighted by atomic mass is 9.90. The number of rotatable bonds is 6. The molecular formula is C23H27NO5. The summed E-state index contributed by atoms with van der Waals surface area (Å²) in [5.41, 5.74) is 0.347. The average Bonchev–Trinajstić information content (AvgIpc) is 2.69. The zero-order valence-corrected chi connectivity index (χ0v) is 16.8. The molecule has 1 aliphatic rings. The Hall–Kier alpha value is -3.02. The number of phenolic OH excluding ortho intramolecular Hbond substituents is 1. The second-order valence-electron chi connectivity index (χ2n) is 7.97. The SMILES string of the molecule is CC(C)(Oc1cccc(C2CCCN(C(=O)Cc3ccccc3O)C2)c1)C(=O)O. The van der Waals surface area contributed by atoms with Crippen LogP contribution >= 0.6 is 0 Å². The Morgan fingerprint density at radius 1 is 1.17 bits per heavy atom. The van der Waals surface area contributed by atoms with Crippen LogP contribution in [0.25, 0.3) is 0 Å². The summed E-state index contributed by atoms with van der Waals surface area (Å²) in [5, 5.41) is 19.2. The summed E-state index contributed by atoms with van der Waals surface area (Å²) in [4.78, 5) is 25.9. The number of hydrogen-bond acceptors (Lipinski definition) is 4. The number of aliphatic carboxylic acids is 1. The first-order chi connectivity index (χ1) is 13.8. The topological polar surface area (TPSA) is 87.1 Å². The molecule has 1 unspecified atom stereocenters. The van der Waals surface area contributed by atoms with Gasteiger partial charge in [0.25, 0.3) is 0 Å². The number of ether oxygens (including phenoxy) is 1. The number of carboxylic acid groups (broad SMARTS) is 1. The highest BCUT2D eigenvalue weighted by atomic mass is 16.5. The van der Waals surface area contributed by atoms with Crippen LogP contribution in [0.4, 0.5) is 0 Å². The fourth-order valence-corrected chi connectivity index (χ4v) is 3.58. The molecule has 1 fully saturated rings. The maximum Gasteiger partial charge on any atom is 0.347 e. The quantitative estimate of drug-likeness (QED) is 0.778. The van der Waals surface area contributed by atoms with Crippen molar-refractivity contribution in [2.45, 2.75) is 44.6 Å². The molecule has 2 N–H and O–H groups in total. The highest BCUT2D eigenvalue weighted by molar-refractivity contribution is 5.79. The van der Waals surface area contributed by atoms with E-state index in [1.807, 2.05) is 29.2 Å². The molecule has 3 rings (SSSR count). The van der Waals surface area contributed by atoms with Crippen LogP contribution in [0, 0.1) is 0 Å². The maximum atomic E-state index is 12.8. The van der Waals surface area contributed by atoms with Crippen molar-refractivity contribution in [1.82, 2.24) is 4.90 Å².